The van der Waals surface area contributed by atoms with Gasteiger partial charge in [0, 0.05) is 6.61 Å². The van der Waals surface area contributed by atoms with Crippen LogP contribution in [0.15, 0.2) is 0 Å². The van der Waals surface area contributed by atoms with E-state index in [1.807, 2.05) is 6.92 Å². The van der Waals surface area contributed by atoms with Gasteiger partial charge in [-0.15, -0.1) is 0 Å². The van der Waals surface area contributed by atoms with Gasteiger partial charge >= 0.3 is 23.1 Å². The smallest absolute Gasteiger partial charge is 1.00 e. The second-order valence-electron chi connectivity index (χ2n) is 0.724. The van der Waals surface area contributed by atoms with Crippen LogP contribution in [0.25, 0.3) is 0 Å². The van der Waals surface area contributed by atoms with E-state index in [1.165, 1.54) is 0 Å². The molecule has 0 amide bonds. The minimum absolute atomic E-state index is 0. The van der Waals surface area contributed by atoms with Gasteiger partial charge in [-0.1, -0.05) is 6.92 Å². The molecule has 5 heavy (non-hydrogen) atoms. The van der Waals surface area contributed by atoms with Crippen LogP contribution in [-0.2, 0) is 0 Å². The summed E-state index contributed by atoms with van der Waals surface area (Å²) in [4.78, 5) is 0. The largest absolute Gasteiger partial charge is 2.00 e. The van der Waals surface area contributed by atoms with E-state index in [9.17, 15) is 0 Å². The van der Waals surface area contributed by atoms with Crippen molar-refractivity contribution in [1.29, 1.82) is 0 Å². The molecule has 0 aromatic rings. The normalized spacial score (nSPS) is 6.00. The molecule has 1 N–H and O–H groups in total. The zero-order valence-corrected chi connectivity index (χ0v) is 4.98. The molecule has 0 spiro atoms. The standard InChI is InChI=1S/C3H8O.Mg.2H/c1-2-3-4;;;/h4H,2-3H2,1H3;;;/q;+2;2*-1. The molecule has 0 rings (SSSR count). The Balaban J connectivity index is -0.0000000150. The molecular weight excluding hydrogens is 76.3 g/mol. The van der Waals surface area contributed by atoms with Crippen molar-refractivity contribution < 1.29 is 7.96 Å². The fraction of sp³-hybridized carbons (Fsp3) is 1.00. The van der Waals surface area contributed by atoms with E-state index in [2.05, 4.69) is 0 Å². The molecule has 0 atom stereocenters. The van der Waals surface area contributed by atoms with Crippen molar-refractivity contribution in [1.82, 2.24) is 0 Å². The van der Waals surface area contributed by atoms with Gasteiger partial charge < -0.3 is 7.96 Å². The molecule has 2 heteroatoms. The minimum Gasteiger partial charge on any atom is -1.00 e. The second kappa shape index (κ2) is 8.83. The van der Waals surface area contributed by atoms with Crippen LogP contribution in [0, 0.1) is 0 Å². The van der Waals surface area contributed by atoms with Gasteiger partial charge in [-0.3, -0.25) is 0 Å². The molecule has 1 nitrogen and oxygen atoms in total. The third-order valence-corrected chi connectivity index (χ3v) is 0.224. The van der Waals surface area contributed by atoms with Gasteiger partial charge in [-0.2, -0.15) is 0 Å². The maximum absolute atomic E-state index is 7.88. The van der Waals surface area contributed by atoms with E-state index in [-0.39, 0.29) is 25.9 Å². The van der Waals surface area contributed by atoms with E-state index in [4.69, 9.17) is 5.11 Å². The Labute approximate surface area is 51.5 Å². The van der Waals surface area contributed by atoms with Crippen LogP contribution >= 0.6 is 0 Å². The van der Waals surface area contributed by atoms with Gasteiger partial charge in [0.1, 0.15) is 0 Å². The molecular formula is C3H10MgO. The average Bonchev–Trinajstić information content (AvgIpc) is 1.37. The molecule has 0 heterocycles. The maximum Gasteiger partial charge on any atom is 2.00 e. The van der Waals surface area contributed by atoms with E-state index >= 15 is 0 Å². The van der Waals surface area contributed by atoms with Gasteiger partial charge in [0.25, 0.3) is 0 Å². The summed E-state index contributed by atoms with van der Waals surface area (Å²) in [7, 11) is 0. The first kappa shape index (κ1) is 9.21. The maximum atomic E-state index is 7.88. The zero-order valence-electron chi connectivity index (χ0n) is 5.57. The van der Waals surface area contributed by atoms with Crippen molar-refractivity contribution in [2.24, 2.45) is 0 Å². The summed E-state index contributed by atoms with van der Waals surface area (Å²) < 4.78 is 0. The van der Waals surface area contributed by atoms with Crippen LogP contribution in [-0.4, -0.2) is 34.8 Å². The molecule has 0 saturated carbocycles. The van der Waals surface area contributed by atoms with Crippen molar-refractivity contribution in [3.05, 3.63) is 0 Å². The predicted octanol–water partition coefficient (Wildman–Crippen LogP) is 0.233. The average molecular weight is 86.4 g/mol. The summed E-state index contributed by atoms with van der Waals surface area (Å²) >= 11 is 0. The first-order valence-corrected chi connectivity index (χ1v) is 1.52. The number of hydrogen-bond donors (Lipinski definition) is 1. The molecule has 0 saturated heterocycles. The number of aliphatic hydroxyl groups is 1. The SMILES string of the molecule is CCCO.[H-].[H-].[Mg+2]. The fourth-order valence-corrected chi connectivity index (χ4v) is 0. The third kappa shape index (κ3) is 11.8. The van der Waals surface area contributed by atoms with Gasteiger partial charge in [0.2, 0.25) is 0 Å². The zero-order chi connectivity index (χ0) is 3.41. The van der Waals surface area contributed by atoms with E-state index in [0.717, 1.165) is 6.42 Å². The molecule has 0 fully saturated rings. The molecule has 0 bridgehead atoms. The van der Waals surface area contributed by atoms with Crippen LogP contribution in [0.1, 0.15) is 16.2 Å². The quantitative estimate of drug-likeness (QED) is 0.453. The van der Waals surface area contributed by atoms with Crippen molar-refractivity contribution >= 4 is 23.1 Å². The predicted molar refractivity (Wildman–Crippen MR) is 25.4 cm³/mol. The number of aliphatic hydroxyl groups excluding tert-OH is 1. The molecule has 0 aliphatic carbocycles. The summed E-state index contributed by atoms with van der Waals surface area (Å²) in [6.45, 7) is 2.25. The van der Waals surface area contributed by atoms with E-state index < -0.39 is 0 Å². The minimum atomic E-state index is 0. The van der Waals surface area contributed by atoms with E-state index in [1.54, 1.807) is 0 Å². The van der Waals surface area contributed by atoms with Crippen molar-refractivity contribution in [3.8, 4) is 0 Å². The van der Waals surface area contributed by atoms with Crippen LogP contribution in [0.3, 0.4) is 0 Å². The summed E-state index contributed by atoms with van der Waals surface area (Å²) in [5, 5.41) is 7.88. The number of hydrogen-bond acceptors (Lipinski definition) is 1. The molecule has 0 aliphatic rings. The molecule has 0 aromatic carbocycles. The summed E-state index contributed by atoms with van der Waals surface area (Å²) in [5.74, 6) is 0. The first-order chi connectivity index (χ1) is 1.91. The molecule has 0 aliphatic heterocycles. The molecule has 30 valence electrons. The van der Waals surface area contributed by atoms with Crippen LogP contribution in [0.4, 0.5) is 0 Å². The van der Waals surface area contributed by atoms with Crippen LogP contribution < -0.4 is 0 Å². The Morgan fingerprint density at radius 2 is 2.00 bits per heavy atom. The number of rotatable bonds is 1. The van der Waals surface area contributed by atoms with Crippen LogP contribution in [0.5, 0.6) is 0 Å². The van der Waals surface area contributed by atoms with Crippen molar-refractivity contribution in [2.75, 3.05) is 6.61 Å². The fourth-order valence-electron chi connectivity index (χ4n) is 0. The Morgan fingerprint density at radius 1 is 1.80 bits per heavy atom. The summed E-state index contributed by atoms with van der Waals surface area (Å²) in [6, 6.07) is 0. The Bertz CT molecular complexity index is 14.9. The van der Waals surface area contributed by atoms with Gasteiger partial charge in [0.15, 0.2) is 0 Å². The topological polar surface area (TPSA) is 20.2 Å². The Hall–Kier alpha value is 0.726. The molecule has 0 radical (unpaired) electrons. The molecule has 0 unspecified atom stereocenters. The van der Waals surface area contributed by atoms with Crippen molar-refractivity contribution in [2.45, 2.75) is 13.3 Å². The van der Waals surface area contributed by atoms with Crippen LogP contribution in [0.2, 0.25) is 0 Å². The Morgan fingerprint density at radius 3 is 2.00 bits per heavy atom. The van der Waals surface area contributed by atoms with Gasteiger partial charge in [-0.25, -0.2) is 0 Å². The Kier molecular flexibility index (Phi) is 16.3. The molecule has 0 aromatic heterocycles. The third-order valence-electron chi connectivity index (χ3n) is 0.224. The van der Waals surface area contributed by atoms with Gasteiger partial charge in [0.05, 0.1) is 0 Å². The summed E-state index contributed by atoms with van der Waals surface area (Å²) in [6.07, 6.45) is 0.875. The van der Waals surface area contributed by atoms with Crippen molar-refractivity contribution in [3.63, 3.8) is 0 Å². The summed E-state index contributed by atoms with van der Waals surface area (Å²) in [5.41, 5.74) is 0. The second-order valence-corrected chi connectivity index (χ2v) is 0.724. The van der Waals surface area contributed by atoms with E-state index in [0.29, 0.717) is 6.61 Å². The first-order valence-electron chi connectivity index (χ1n) is 1.52. The monoisotopic (exact) mass is 86.1 g/mol. The van der Waals surface area contributed by atoms with Gasteiger partial charge in [-0.05, 0) is 6.42 Å².